The molecular formula is C6H10IN3O. The highest BCUT2D eigenvalue weighted by Gasteiger charge is 1.97. The molecule has 0 aromatic carbocycles. The molecule has 0 unspecified atom stereocenters. The van der Waals surface area contributed by atoms with Gasteiger partial charge in [-0.1, -0.05) is 5.21 Å². The number of aryl methyl sites for hydroxylation is 1. The molecule has 0 amide bonds. The summed E-state index contributed by atoms with van der Waals surface area (Å²) in [6.07, 6.45) is 4.61. The quantitative estimate of drug-likeness (QED) is 0.648. The van der Waals surface area contributed by atoms with E-state index >= 15 is 0 Å². The van der Waals surface area contributed by atoms with Crippen molar-refractivity contribution in [2.24, 2.45) is 0 Å². The molecule has 1 aromatic rings. The second kappa shape index (κ2) is 4.66. The minimum atomic E-state index is 0.262. The predicted molar refractivity (Wildman–Crippen MR) is 49.5 cm³/mol. The van der Waals surface area contributed by atoms with Crippen LogP contribution in [0.25, 0.3) is 0 Å². The molecule has 4 nitrogen and oxygen atoms in total. The average Bonchev–Trinajstić information content (AvgIpc) is 2.37. The van der Waals surface area contributed by atoms with Crippen molar-refractivity contribution >= 4 is 22.9 Å². The van der Waals surface area contributed by atoms with Crippen molar-refractivity contribution < 1.29 is 5.11 Å². The van der Waals surface area contributed by atoms with Crippen LogP contribution in [0.2, 0.25) is 0 Å². The Bertz CT molecular complexity index is 213. The highest BCUT2D eigenvalue weighted by molar-refractivity contribution is 14.1. The van der Waals surface area contributed by atoms with E-state index in [0.717, 1.165) is 25.0 Å². The number of unbranched alkanes of at least 4 members (excludes halogenated alkanes) is 1. The molecule has 0 bridgehead atoms. The summed E-state index contributed by atoms with van der Waals surface area (Å²) in [4.78, 5) is 0. The third-order valence-corrected chi connectivity index (χ3v) is 1.83. The van der Waals surface area contributed by atoms with Crippen molar-refractivity contribution in [1.82, 2.24) is 13.2 Å². The smallest absolute Gasteiger partial charge is 0.0863 e. The number of aliphatic hydroxyl groups excluding tert-OH is 1. The SMILES string of the molecule is OCCCCc1cn(I)nn1. The van der Waals surface area contributed by atoms with Gasteiger partial charge in [-0.3, -0.25) is 0 Å². The number of aromatic nitrogens is 3. The molecule has 0 aliphatic carbocycles. The number of hydrogen-bond donors (Lipinski definition) is 1. The number of nitrogens with zero attached hydrogens (tertiary/aromatic N) is 3. The Labute approximate surface area is 79.1 Å². The van der Waals surface area contributed by atoms with Crippen LogP contribution in [0.5, 0.6) is 0 Å². The third kappa shape index (κ3) is 3.15. The van der Waals surface area contributed by atoms with E-state index < -0.39 is 0 Å². The minimum Gasteiger partial charge on any atom is -0.396 e. The summed E-state index contributed by atoms with van der Waals surface area (Å²) in [7, 11) is 0. The van der Waals surface area contributed by atoms with E-state index in [0.29, 0.717) is 0 Å². The fraction of sp³-hybridized carbons (Fsp3) is 0.667. The fourth-order valence-corrected chi connectivity index (χ4v) is 1.23. The van der Waals surface area contributed by atoms with E-state index in [4.69, 9.17) is 5.11 Å². The first-order chi connectivity index (χ1) is 5.33. The molecule has 0 aliphatic heterocycles. The Morgan fingerprint density at radius 2 is 2.36 bits per heavy atom. The van der Waals surface area contributed by atoms with E-state index in [1.54, 1.807) is 2.90 Å². The third-order valence-electron chi connectivity index (χ3n) is 1.36. The van der Waals surface area contributed by atoms with Gasteiger partial charge in [-0.15, -0.1) is 5.10 Å². The molecule has 11 heavy (non-hydrogen) atoms. The molecule has 0 aliphatic rings. The Morgan fingerprint density at radius 1 is 1.55 bits per heavy atom. The molecule has 0 saturated heterocycles. The van der Waals surface area contributed by atoms with Crippen LogP contribution in [0.3, 0.4) is 0 Å². The van der Waals surface area contributed by atoms with Crippen LogP contribution < -0.4 is 0 Å². The Hall–Kier alpha value is -0.170. The topological polar surface area (TPSA) is 50.9 Å². The standard InChI is InChI=1S/C6H10IN3O/c7-10-5-6(8-9-10)3-1-2-4-11/h5,11H,1-4H2. The lowest BCUT2D eigenvalue weighted by molar-refractivity contribution is 0.284. The van der Waals surface area contributed by atoms with Crippen LogP contribution in [0.1, 0.15) is 18.5 Å². The normalized spacial score (nSPS) is 10.4. The summed E-state index contributed by atoms with van der Waals surface area (Å²) in [6, 6.07) is 0. The van der Waals surface area contributed by atoms with E-state index in [-0.39, 0.29) is 6.61 Å². The van der Waals surface area contributed by atoms with Crippen molar-refractivity contribution in [3.05, 3.63) is 11.9 Å². The molecule has 62 valence electrons. The lowest BCUT2D eigenvalue weighted by atomic mass is 10.2. The molecule has 0 saturated carbocycles. The Morgan fingerprint density at radius 3 is 2.91 bits per heavy atom. The largest absolute Gasteiger partial charge is 0.396 e. The van der Waals surface area contributed by atoms with Gasteiger partial charge in [-0.05, 0) is 19.3 Å². The van der Waals surface area contributed by atoms with Crippen molar-refractivity contribution in [2.45, 2.75) is 19.3 Å². The van der Waals surface area contributed by atoms with Gasteiger partial charge in [0.2, 0.25) is 0 Å². The van der Waals surface area contributed by atoms with Gasteiger partial charge in [0.15, 0.2) is 0 Å². The Kier molecular flexibility index (Phi) is 3.78. The summed E-state index contributed by atoms with van der Waals surface area (Å²) in [5, 5.41) is 16.2. The number of hydrogen-bond acceptors (Lipinski definition) is 3. The van der Waals surface area contributed by atoms with Gasteiger partial charge in [0, 0.05) is 6.61 Å². The zero-order chi connectivity index (χ0) is 8.10. The van der Waals surface area contributed by atoms with Crippen LogP contribution in [0.4, 0.5) is 0 Å². The van der Waals surface area contributed by atoms with Crippen LogP contribution in [-0.2, 0) is 6.42 Å². The first-order valence-electron chi connectivity index (χ1n) is 3.51. The van der Waals surface area contributed by atoms with Gasteiger partial charge >= 0.3 is 0 Å². The van der Waals surface area contributed by atoms with Crippen LogP contribution in [0.15, 0.2) is 6.20 Å². The van der Waals surface area contributed by atoms with E-state index in [1.807, 2.05) is 6.20 Å². The molecule has 5 heteroatoms. The highest BCUT2D eigenvalue weighted by atomic mass is 127. The first kappa shape index (κ1) is 8.92. The van der Waals surface area contributed by atoms with Crippen molar-refractivity contribution in [3.8, 4) is 0 Å². The zero-order valence-corrected chi connectivity index (χ0v) is 8.23. The number of halogens is 1. The van der Waals surface area contributed by atoms with Crippen molar-refractivity contribution in [2.75, 3.05) is 6.61 Å². The molecule has 1 rings (SSSR count). The molecule has 0 radical (unpaired) electrons. The minimum absolute atomic E-state index is 0.262. The van der Waals surface area contributed by atoms with Gasteiger partial charge in [0.25, 0.3) is 0 Å². The maximum Gasteiger partial charge on any atom is 0.0863 e. The second-order valence-corrected chi connectivity index (χ2v) is 3.27. The van der Waals surface area contributed by atoms with Crippen molar-refractivity contribution in [3.63, 3.8) is 0 Å². The predicted octanol–water partition coefficient (Wildman–Crippen LogP) is 0.791. The lowest BCUT2D eigenvalue weighted by Crippen LogP contribution is -1.88. The van der Waals surface area contributed by atoms with Gasteiger partial charge in [0.05, 0.1) is 34.8 Å². The fourth-order valence-electron chi connectivity index (χ4n) is 0.807. The van der Waals surface area contributed by atoms with E-state index in [2.05, 4.69) is 33.2 Å². The van der Waals surface area contributed by atoms with Gasteiger partial charge < -0.3 is 5.11 Å². The van der Waals surface area contributed by atoms with Crippen LogP contribution in [-0.4, -0.2) is 24.9 Å². The molecule has 1 aromatic heterocycles. The summed E-state index contributed by atoms with van der Waals surface area (Å²) in [5.74, 6) is 0. The Balaban J connectivity index is 2.27. The molecular weight excluding hydrogens is 257 g/mol. The van der Waals surface area contributed by atoms with E-state index in [1.165, 1.54) is 0 Å². The maximum absolute atomic E-state index is 8.51. The first-order valence-corrected chi connectivity index (χ1v) is 4.47. The summed E-state index contributed by atoms with van der Waals surface area (Å²) >= 11 is 2.06. The zero-order valence-electron chi connectivity index (χ0n) is 6.07. The highest BCUT2D eigenvalue weighted by Crippen LogP contribution is 2.01. The van der Waals surface area contributed by atoms with Crippen molar-refractivity contribution in [1.29, 1.82) is 0 Å². The molecule has 1 heterocycles. The number of rotatable bonds is 4. The maximum atomic E-state index is 8.51. The number of aliphatic hydroxyl groups is 1. The average molecular weight is 267 g/mol. The van der Waals surface area contributed by atoms with Crippen LogP contribution >= 0.6 is 22.9 Å². The van der Waals surface area contributed by atoms with E-state index in [9.17, 15) is 0 Å². The summed E-state index contributed by atoms with van der Waals surface area (Å²) < 4.78 is 1.66. The van der Waals surface area contributed by atoms with Crippen LogP contribution in [0, 0.1) is 0 Å². The van der Waals surface area contributed by atoms with Gasteiger partial charge in [-0.25, -0.2) is 0 Å². The molecule has 0 spiro atoms. The molecule has 1 N–H and O–H groups in total. The summed E-state index contributed by atoms with van der Waals surface area (Å²) in [6.45, 7) is 0.262. The lowest BCUT2D eigenvalue weighted by Gasteiger charge is -1.91. The van der Waals surface area contributed by atoms with Gasteiger partial charge in [0.1, 0.15) is 0 Å². The molecule has 0 atom stereocenters. The summed E-state index contributed by atoms with van der Waals surface area (Å²) in [5.41, 5.74) is 0.993. The molecule has 0 fully saturated rings. The monoisotopic (exact) mass is 267 g/mol. The van der Waals surface area contributed by atoms with Gasteiger partial charge in [-0.2, -0.15) is 2.90 Å². The second-order valence-electron chi connectivity index (χ2n) is 2.28.